The Morgan fingerprint density at radius 1 is 0.941 bits per heavy atom. The number of nitrogens with zero attached hydrogens (tertiary/aromatic N) is 1. The quantitative estimate of drug-likeness (QED) is 0.724. The minimum Gasteiger partial charge on any atom is -0.304 e. The van der Waals surface area contributed by atoms with Crippen LogP contribution in [0.5, 0.6) is 0 Å². The minimum absolute atomic E-state index is 0.166. The van der Waals surface area contributed by atoms with Gasteiger partial charge in [-0.25, -0.2) is 4.39 Å². The van der Waals surface area contributed by atoms with Gasteiger partial charge in [0.1, 0.15) is 5.82 Å². The van der Waals surface area contributed by atoms with Crippen LogP contribution in [0.4, 0.5) is 4.39 Å². The second-order valence-corrected chi connectivity index (χ2v) is 4.84. The molecule has 98 valence electrons. The Labute approximate surface area is 109 Å². The second kappa shape index (κ2) is 10.6. The molecular formula is C14H24FNS. The average molecular weight is 257 g/mol. The van der Waals surface area contributed by atoms with Crippen LogP contribution in [0.25, 0.3) is 0 Å². The van der Waals surface area contributed by atoms with E-state index in [9.17, 15) is 4.39 Å². The van der Waals surface area contributed by atoms with Gasteiger partial charge in [0.15, 0.2) is 0 Å². The van der Waals surface area contributed by atoms with Crippen molar-refractivity contribution in [1.82, 2.24) is 4.90 Å². The summed E-state index contributed by atoms with van der Waals surface area (Å²) in [4.78, 5) is 3.50. The zero-order valence-electron chi connectivity index (χ0n) is 11.4. The largest absolute Gasteiger partial charge is 0.304 e. The Morgan fingerprint density at radius 2 is 1.41 bits per heavy atom. The number of halogens is 1. The van der Waals surface area contributed by atoms with Crippen molar-refractivity contribution < 1.29 is 4.39 Å². The molecule has 0 radical (unpaired) electrons. The molecule has 0 N–H and O–H groups in total. The summed E-state index contributed by atoms with van der Waals surface area (Å²) < 4.78 is 12.3. The fourth-order valence-corrected chi connectivity index (χ4v) is 2.03. The van der Waals surface area contributed by atoms with Crippen molar-refractivity contribution >= 4 is 11.8 Å². The molecule has 0 saturated heterocycles. The Morgan fingerprint density at radius 3 is 1.71 bits per heavy atom. The molecule has 0 aromatic heterocycles. The highest BCUT2D eigenvalue weighted by Crippen LogP contribution is 2.16. The summed E-state index contributed by atoms with van der Waals surface area (Å²) in [6, 6.07) is 6.56. The lowest BCUT2D eigenvalue weighted by Gasteiger charge is -2.13. The van der Waals surface area contributed by atoms with Crippen molar-refractivity contribution in [3.05, 3.63) is 30.1 Å². The van der Waals surface area contributed by atoms with Gasteiger partial charge in [0, 0.05) is 4.90 Å². The molecule has 0 unspecified atom stereocenters. The first-order valence-electron chi connectivity index (χ1n) is 6.28. The van der Waals surface area contributed by atoms with Gasteiger partial charge in [-0.05, 0) is 49.7 Å². The van der Waals surface area contributed by atoms with Gasteiger partial charge in [-0.3, -0.25) is 0 Å². The van der Waals surface area contributed by atoms with E-state index in [4.69, 9.17) is 0 Å². The number of rotatable bonds is 5. The van der Waals surface area contributed by atoms with E-state index in [1.54, 1.807) is 23.9 Å². The molecule has 1 rings (SSSR count). The van der Waals surface area contributed by atoms with Gasteiger partial charge >= 0.3 is 0 Å². The zero-order chi connectivity index (χ0) is 13.1. The molecule has 0 atom stereocenters. The van der Waals surface area contributed by atoms with Gasteiger partial charge in [-0.15, -0.1) is 11.8 Å². The molecule has 1 aromatic rings. The standard InChI is InChI=1S/C8H9FS.C6H15N/c1-2-10-8-5-3-7(9)4-6-8;1-4-7(5-2)6-3/h3-6H,2H2,1H3;4-6H2,1-3H3. The predicted octanol–water partition coefficient (Wildman–Crippen LogP) is 4.29. The lowest BCUT2D eigenvalue weighted by Crippen LogP contribution is -2.21. The summed E-state index contributed by atoms with van der Waals surface area (Å²) in [6.45, 7) is 12.2. The van der Waals surface area contributed by atoms with Crippen molar-refractivity contribution in [3.8, 4) is 0 Å². The van der Waals surface area contributed by atoms with E-state index in [0.717, 1.165) is 10.6 Å². The molecule has 0 heterocycles. The first kappa shape index (κ1) is 16.5. The highest BCUT2D eigenvalue weighted by Gasteiger charge is 1.90. The Bertz CT molecular complexity index is 265. The van der Waals surface area contributed by atoms with Crippen molar-refractivity contribution in [2.75, 3.05) is 25.4 Å². The number of hydrogen-bond acceptors (Lipinski definition) is 2. The third-order valence-corrected chi connectivity index (χ3v) is 3.36. The molecule has 0 fully saturated rings. The molecule has 17 heavy (non-hydrogen) atoms. The second-order valence-electron chi connectivity index (χ2n) is 3.51. The van der Waals surface area contributed by atoms with E-state index < -0.39 is 0 Å². The summed E-state index contributed by atoms with van der Waals surface area (Å²) in [5.41, 5.74) is 0. The van der Waals surface area contributed by atoms with Crippen LogP contribution in [0, 0.1) is 5.82 Å². The van der Waals surface area contributed by atoms with E-state index in [1.807, 2.05) is 0 Å². The fourth-order valence-electron chi connectivity index (χ4n) is 1.37. The first-order valence-corrected chi connectivity index (χ1v) is 7.27. The summed E-state index contributed by atoms with van der Waals surface area (Å²) in [5.74, 6) is 0.867. The van der Waals surface area contributed by atoms with Crippen molar-refractivity contribution in [2.45, 2.75) is 32.6 Å². The molecule has 0 spiro atoms. The van der Waals surface area contributed by atoms with Crippen LogP contribution in [-0.4, -0.2) is 30.3 Å². The molecule has 0 bridgehead atoms. The van der Waals surface area contributed by atoms with Crippen molar-refractivity contribution in [1.29, 1.82) is 0 Å². The Kier molecular flexibility index (Phi) is 10.3. The lowest BCUT2D eigenvalue weighted by atomic mass is 10.4. The van der Waals surface area contributed by atoms with Crippen LogP contribution in [-0.2, 0) is 0 Å². The molecular weight excluding hydrogens is 233 g/mol. The van der Waals surface area contributed by atoms with Gasteiger partial charge in [0.25, 0.3) is 0 Å². The lowest BCUT2D eigenvalue weighted by molar-refractivity contribution is 0.321. The third-order valence-electron chi connectivity index (χ3n) is 2.47. The molecule has 0 saturated carbocycles. The molecule has 1 nitrogen and oxygen atoms in total. The minimum atomic E-state index is -0.166. The summed E-state index contributed by atoms with van der Waals surface area (Å²) in [6.07, 6.45) is 0. The predicted molar refractivity (Wildman–Crippen MR) is 76.3 cm³/mol. The maximum Gasteiger partial charge on any atom is 0.123 e. The van der Waals surface area contributed by atoms with E-state index in [2.05, 4.69) is 32.6 Å². The van der Waals surface area contributed by atoms with E-state index in [-0.39, 0.29) is 5.82 Å². The van der Waals surface area contributed by atoms with Crippen LogP contribution in [0.1, 0.15) is 27.7 Å². The van der Waals surface area contributed by atoms with E-state index in [1.165, 1.54) is 31.8 Å². The van der Waals surface area contributed by atoms with Crippen LogP contribution < -0.4 is 0 Å². The Balaban J connectivity index is 0.000000325. The van der Waals surface area contributed by atoms with Gasteiger partial charge in [0.05, 0.1) is 0 Å². The summed E-state index contributed by atoms with van der Waals surface area (Å²) >= 11 is 1.72. The normalized spacial score (nSPS) is 10.0. The zero-order valence-corrected chi connectivity index (χ0v) is 12.2. The van der Waals surface area contributed by atoms with Crippen LogP contribution in [0.3, 0.4) is 0 Å². The maximum atomic E-state index is 12.3. The topological polar surface area (TPSA) is 3.24 Å². The fraction of sp³-hybridized carbons (Fsp3) is 0.571. The van der Waals surface area contributed by atoms with Gasteiger partial charge < -0.3 is 4.90 Å². The molecule has 3 heteroatoms. The maximum absolute atomic E-state index is 12.3. The highest BCUT2D eigenvalue weighted by atomic mass is 32.2. The molecule has 0 aliphatic carbocycles. The number of hydrogen-bond donors (Lipinski definition) is 0. The van der Waals surface area contributed by atoms with Gasteiger partial charge in [0.2, 0.25) is 0 Å². The van der Waals surface area contributed by atoms with Crippen LogP contribution in [0.15, 0.2) is 29.2 Å². The van der Waals surface area contributed by atoms with Crippen molar-refractivity contribution in [3.63, 3.8) is 0 Å². The van der Waals surface area contributed by atoms with Gasteiger partial charge in [-0.2, -0.15) is 0 Å². The van der Waals surface area contributed by atoms with Crippen molar-refractivity contribution in [2.24, 2.45) is 0 Å². The van der Waals surface area contributed by atoms with E-state index in [0.29, 0.717) is 0 Å². The smallest absolute Gasteiger partial charge is 0.123 e. The molecule has 0 amide bonds. The molecule has 1 aromatic carbocycles. The van der Waals surface area contributed by atoms with Crippen LogP contribution >= 0.6 is 11.8 Å². The average Bonchev–Trinajstić information content (AvgIpc) is 2.35. The monoisotopic (exact) mass is 257 g/mol. The highest BCUT2D eigenvalue weighted by molar-refractivity contribution is 7.99. The number of benzene rings is 1. The van der Waals surface area contributed by atoms with E-state index >= 15 is 0 Å². The molecule has 0 aliphatic heterocycles. The Hall–Kier alpha value is -0.540. The summed E-state index contributed by atoms with van der Waals surface area (Å²) in [5, 5.41) is 0. The van der Waals surface area contributed by atoms with Crippen LogP contribution in [0.2, 0.25) is 0 Å². The number of thioether (sulfide) groups is 1. The SMILES string of the molecule is CCN(CC)CC.CCSc1ccc(F)cc1. The molecule has 0 aliphatic rings. The summed E-state index contributed by atoms with van der Waals surface area (Å²) in [7, 11) is 0. The third kappa shape index (κ3) is 8.22. The first-order chi connectivity index (χ1) is 8.17. The van der Waals surface area contributed by atoms with Gasteiger partial charge in [-0.1, -0.05) is 27.7 Å².